The predicted octanol–water partition coefficient (Wildman–Crippen LogP) is 6.19. The second-order valence-corrected chi connectivity index (χ2v) is 8.85. The Morgan fingerprint density at radius 2 is 1.78 bits per heavy atom. The molecule has 1 aromatic heterocycles. The average Bonchev–Trinajstić information content (AvgIpc) is 2.87. The second-order valence-electron chi connectivity index (χ2n) is 8.85. The van der Waals surface area contributed by atoms with Crippen LogP contribution in [0.25, 0.3) is 21.9 Å². The molecule has 0 unspecified atom stereocenters. The van der Waals surface area contributed by atoms with Crippen molar-refractivity contribution >= 4 is 21.9 Å². The van der Waals surface area contributed by atoms with Crippen molar-refractivity contribution < 1.29 is 23.7 Å². The van der Waals surface area contributed by atoms with E-state index in [4.69, 9.17) is 18.6 Å². The molecule has 0 atom stereocenters. The van der Waals surface area contributed by atoms with Crippen molar-refractivity contribution in [1.29, 1.82) is 0 Å². The third kappa shape index (κ3) is 5.78. The summed E-state index contributed by atoms with van der Waals surface area (Å²) in [7, 11) is 0. The van der Waals surface area contributed by atoms with Crippen LogP contribution in [-0.4, -0.2) is 30.5 Å². The zero-order chi connectivity index (χ0) is 25.5. The molecule has 0 amide bonds. The van der Waals surface area contributed by atoms with E-state index in [2.05, 4.69) is 18.7 Å². The van der Waals surface area contributed by atoms with Gasteiger partial charge in [-0.2, -0.15) is 0 Å². The molecule has 0 aliphatic rings. The third-order valence-corrected chi connectivity index (χ3v) is 5.71. The molecule has 1 N–H and O–H groups in total. The number of fused-ring (bicyclic) bond motifs is 2. The molecule has 4 aromatic rings. The van der Waals surface area contributed by atoms with Gasteiger partial charge in [-0.25, -0.2) is 0 Å². The predicted molar refractivity (Wildman–Crippen MR) is 142 cm³/mol. The molecule has 1 heterocycles. The molecule has 0 saturated carbocycles. The molecule has 0 bridgehead atoms. The highest BCUT2D eigenvalue weighted by atomic mass is 16.5. The number of hydrogen-bond donors (Lipinski definition) is 1. The van der Waals surface area contributed by atoms with Crippen LogP contribution in [0.2, 0.25) is 0 Å². The van der Waals surface area contributed by atoms with E-state index in [1.807, 2.05) is 44.2 Å². The molecule has 6 nitrogen and oxygen atoms in total. The molecule has 6 heteroatoms. The molecule has 4 rings (SSSR count). The van der Waals surface area contributed by atoms with Gasteiger partial charge in [0.1, 0.15) is 28.9 Å². The van der Waals surface area contributed by atoms with E-state index >= 15 is 0 Å². The van der Waals surface area contributed by atoms with Crippen LogP contribution in [0.15, 0.2) is 94.7 Å². The maximum Gasteiger partial charge on any atom is 0.205 e. The fraction of sp³-hybridized carbons (Fsp3) is 0.233. The summed E-state index contributed by atoms with van der Waals surface area (Å²) in [5.74, 6) is 0.593. The topological polar surface area (TPSA) is 78.1 Å². The fourth-order valence-electron chi connectivity index (χ4n) is 3.70. The summed E-state index contributed by atoms with van der Waals surface area (Å²) >= 11 is 0. The lowest BCUT2D eigenvalue weighted by Gasteiger charge is -2.24. The molecule has 0 aliphatic heterocycles. The Morgan fingerprint density at radius 1 is 1.00 bits per heavy atom. The highest BCUT2D eigenvalue weighted by Gasteiger charge is 2.22. The Kier molecular flexibility index (Phi) is 7.76. The summed E-state index contributed by atoms with van der Waals surface area (Å²) < 4.78 is 23.9. The molecule has 36 heavy (non-hydrogen) atoms. The summed E-state index contributed by atoms with van der Waals surface area (Å²) in [4.78, 5) is 13.1. The van der Waals surface area contributed by atoms with Crippen LogP contribution < -0.4 is 14.9 Å². The van der Waals surface area contributed by atoms with E-state index in [0.29, 0.717) is 24.7 Å². The van der Waals surface area contributed by atoms with Gasteiger partial charge in [0.2, 0.25) is 11.2 Å². The minimum absolute atomic E-state index is 0.128. The second kappa shape index (κ2) is 11.1. The van der Waals surface area contributed by atoms with Crippen LogP contribution in [-0.2, 0) is 11.2 Å². The van der Waals surface area contributed by atoms with Crippen LogP contribution >= 0.6 is 0 Å². The van der Waals surface area contributed by atoms with E-state index in [-0.39, 0.29) is 39.7 Å². The van der Waals surface area contributed by atoms with Gasteiger partial charge in [-0.05, 0) is 62.2 Å². The highest BCUT2D eigenvalue weighted by molar-refractivity contribution is 5.96. The highest BCUT2D eigenvalue weighted by Crippen LogP contribution is 2.39. The lowest BCUT2D eigenvalue weighted by molar-refractivity contribution is 0.154. The first kappa shape index (κ1) is 25.1. The van der Waals surface area contributed by atoms with Gasteiger partial charge in [-0.1, -0.05) is 49.1 Å². The van der Waals surface area contributed by atoms with Crippen molar-refractivity contribution in [3.63, 3.8) is 0 Å². The van der Waals surface area contributed by atoms with Gasteiger partial charge in [0, 0.05) is 0 Å². The fourth-order valence-corrected chi connectivity index (χ4v) is 3.70. The van der Waals surface area contributed by atoms with Crippen molar-refractivity contribution in [3.05, 3.63) is 101 Å². The van der Waals surface area contributed by atoms with Crippen LogP contribution in [0.4, 0.5) is 0 Å². The number of benzene rings is 3. The van der Waals surface area contributed by atoms with Gasteiger partial charge in [0.05, 0.1) is 18.6 Å². The maximum absolute atomic E-state index is 13.1. The minimum Gasteiger partial charge on any atom is -0.507 e. The van der Waals surface area contributed by atoms with Crippen LogP contribution in [0.1, 0.15) is 19.4 Å². The van der Waals surface area contributed by atoms with E-state index in [1.165, 1.54) is 11.6 Å². The Hall–Kier alpha value is -4.03. The molecule has 0 spiro atoms. The molecule has 186 valence electrons. The van der Waals surface area contributed by atoms with Crippen molar-refractivity contribution in [1.82, 2.24) is 0 Å². The number of aromatic hydroxyl groups is 1. The first-order valence-electron chi connectivity index (χ1n) is 11.8. The van der Waals surface area contributed by atoms with Gasteiger partial charge < -0.3 is 23.7 Å². The van der Waals surface area contributed by atoms with Crippen LogP contribution in [0, 0.1) is 0 Å². The molecule has 0 fully saturated rings. The van der Waals surface area contributed by atoms with Gasteiger partial charge in [0.15, 0.2) is 11.3 Å². The van der Waals surface area contributed by atoms with E-state index in [9.17, 15) is 9.90 Å². The number of phenolic OH excluding ortho intramolecular Hbond substituents is 1. The van der Waals surface area contributed by atoms with Crippen molar-refractivity contribution in [2.75, 3.05) is 19.8 Å². The molecule has 0 radical (unpaired) electrons. The normalized spacial score (nSPS) is 11.8. The van der Waals surface area contributed by atoms with Gasteiger partial charge in [-0.3, -0.25) is 4.79 Å². The van der Waals surface area contributed by atoms with Crippen molar-refractivity contribution in [3.8, 4) is 17.2 Å². The molecular weight excluding hydrogens is 456 g/mol. The maximum atomic E-state index is 13.1. The summed E-state index contributed by atoms with van der Waals surface area (Å²) in [6.45, 7) is 8.86. The summed E-state index contributed by atoms with van der Waals surface area (Å²) in [6.07, 6.45) is 6.26. The smallest absolute Gasteiger partial charge is 0.205 e. The van der Waals surface area contributed by atoms with E-state index in [0.717, 1.165) is 6.42 Å². The van der Waals surface area contributed by atoms with E-state index < -0.39 is 5.60 Å². The van der Waals surface area contributed by atoms with Gasteiger partial charge in [0.25, 0.3) is 0 Å². The number of hydrogen-bond acceptors (Lipinski definition) is 6. The number of phenols is 1. The Morgan fingerprint density at radius 3 is 2.56 bits per heavy atom. The van der Waals surface area contributed by atoms with Crippen molar-refractivity contribution in [2.24, 2.45) is 0 Å². The summed E-state index contributed by atoms with van der Waals surface area (Å²) in [5, 5.41) is 10.6. The van der Waals surface area contributed by atoms with E-state index in [1.54, 1.807) is 30.3 Å². The zero-order valence-corrected chi connectivity index (χ0v) is 20.5. The average molecular weight is 487 g/mol. The van der Waals surface area contributed by atoms with Crippen molar-refractivity contribution in [2.45, 2.75) is 25.9 Å². The molecule has 0 saturated heterocycles. The van der Waals surface area contributed by atoms with Gasteiger partial charge in [-0.15, -0.1) is 0 Å². The van der Waals surface area contributed by atoms with Gasteiger partial charge >= 0.3 is 0 Å². The molecule has 0 aliphatic carbocycles. The monoisotopic (exact) mass is 486 g/mol. The lowest BCUT2D eigenvalue weighted by Crippen LogP contribution is -2.25. The Labute approximate surface area is 210 Å². The lowest BCUT2D eigenvalue weighted by atomic mass is 10.1. The number of rotatable bonds is 11. The largest absolute Gasteiger partial charge is 0.507 e. The first-order valence-corrected chi connectivity index (χ1v) is 11.8. The summed E-state index contributed by atoms with van der Waals surface area (Å²) in [6, 6.07) is 18.2. The number of ether oxygens (including phenoxy) is 3. The zero-order valence-electron chi connectivity index (χ0n) is 20.5. The third-order valence-electron chi connectivity index (χ3n) is 5.71. The first-order chi connectivity index (χ1) is 17.4. The van der Waals surface area contributed by atoms with Crippen LogP contribution in [0.3, 0.4) is 0 Å². The molecule has 3 aromatic carbocycles. The standard InChI is InChI=1S/C30H30O6/c1-4-30(2,3)36-25-16-15-22-27(32)26-23(31)13-10-14-24(26)35-28(22)29(25)34-19-9-8-18-33-20-17-21-11-6-5-7-12-21/h4-16,31H,1,17-20H2,2-3H3/b9-8+. The van der Waals surface area contributed by atoms with Crippen LogP contribution in [0.5, 0.6) is 17.2 Å². The molecular formula is C30H30O6. The Balaban J connectivity index is 1.53. The SMILES string of the molecule is C=CC(C)(C)Oc1ccc2c(=O)c3c(O)cccc3oc2c1OC/C=C/COCCc1ccccc1. The Bertz CT molecular complexity index is 1430. The minimum atomic E-state index is -0.677. The quantitative estimate of drug-likeness (QED) is 0.155. The summed E-state index contributed by atoms with van der Waals surface area (Å²) in [5.41, 5.74) is 0.732.